The second-order valence-corrected chi connectivity index (χ2v) is 7.21. The lowest BCUT2D eigenvalue weighted by molar-refractivity contribution is 0.551. The Bertz CT molecular complexity index is 728. The average Bonchev–Trinajstić information content (AvgIpc) is 3.02. The van der Waals surface area contributed by atoms with Gasteiger partial charge in [0, 0.05) is 13.6 Å². The summed E-state index contributed by atoms with van der Waals surface area (Å²) in [5.74, 6) is 0.605. The number of nitrogens with one attached hydrogen (secondary N) is 1. The zero-order chi connectivity index (χ0) is 14.8. The van der Waals surface area contributed by atoms with Gasteiger partial charge in [-0.05, 0) is 18.4 Å². The van der Waals surface area contributed by atoms with Crippen LogP contribution < -0.4 is 10.4 Å². The molecule has 20 heavy (non-hydrogen) atoms. The van der Waals surface area contributed by atoms with E-state index in [1.54, 1.807) is 14.0 Å². The van der Waals surface area contributed by atoms with Crippen LogP contribution in [-0.4, -0.2) is 35.1 Å². The lowest BCUT2D eigenvalue weighted by Gasteiger charge is -2.03. The van der Waals surface area contributed by atoms with Crippen LogP contribution in [0.4, 0.5) is 0 Å². The minimum atomic E-state index is -3.25. The fraction of sp³-hybridized carbons (Fsp3) is 0.455. The first kappa shape index (κ1) is 14.9. The Morgan fingerprint density at radius 1 is 1.45 bits per heavy atom. The maximum atomic E-state index is 12.0. The van der Waals surface area contributed by atoms with Gasteiger partial charge < -0.3 is 0 Å². The van der Waals surface area contributed by atoms with Crippen LogP contribution >= 0.6 is 11.3 Å². The summed E-state index contributed by atoms with van der Waals surface area (Å²) in [6, 6.07) is 3.77. The molecule has 1 N–H and O–H groups in total. The Hall–Kier alpha value is -1.45. The van der Waals surface area contributed by atoms with Crippen molar-refractivity contribution < 1.29 is 8.42 Å². The molecule has 0 unspecified atom stereocenters. The van der Waals surface area contributed by atoms with Crippen LogP contribution in [0, 0.1) is 0 Å². The van der Waals surface area contributed by atoms with Gasteiger partial charge in [0.15, 0.2) is 5.82 Å². The van der Waals surface area contributed by atoms with Crippen molar-refractivity contribution >= 4 is 21.4 Å². The Morgan fingerprint density at radius 2 is 2.20 bits per heavy atom. The molecule has 0 bridgehead atoms. The van der Waals surface area contributed by atoms with Crippen LogP contribution in [-0.2, 0) is 23.6 Å². The van der Waals surface area contributed by atoms with Gasteiger partial charge in [-0.2, -0.15) is 0 Å². The monoisotopic (exact) mass is 316 g/mol. The first-order chi connectivity index (χ1) is 9.44. The van der Waals surface area contributed by atoms with E-state index in [2.05, 4.69) is 9.82 Å². The highest BCUT2D eigenvalue weighted by molar-refractivity contribution is 7.89. The van der Waals surface area contributed by atoms with Crippen molar-refractivity contribution in [3.63, 3.8) is 0 Å². The highest BCUT2D eigenvalue weighted by Gasteiger charge is 2.13. The van der Waals surface area contributed by atoms with Gasteiger partial charge in [-0.1, -0.05) is 6.07 Å². The van der Waals surface area contributed by atoms with E-state index in [9.17, 15) is 13.2 Å². The molecule has 0 saturated heterocycles. The second kappa shape index (κ2) is 5.90. The molecular formula is C11H16N4O3S2. The summed E-state index contributed by atoms with van der Waals surface area (Å²) >= 11 is 1.50. The van der Waals surface area contributed by atoms with Gasteiger partial charge in [0.05, 0.1) is 17.2 Å². The number of nitrogens with zero attached hydrogens (tertiary/aromatic N) is 3. The third kappa shape index (κ3) is 3.17. The van der Waals surface area contributed by atoms with E-state index in [1.165, 1.54) is 20.6 Å². The lowest BCUT2D eigenvalue weighted by atomic mass is 10.4. The molecule has 9 heteroatoms. The summed E-state index contributed by atoms with van der Waals surface area (Å²) in [5, 5.41) is 6.15. The molecule has 2 rings (SSSR count). The zero-order valence-electron chi connectivity index (χ0n) is 11.2. The van der Waals surface area contributed by atoms with Crippen LogP contribution in [0.15, 0.2) is 22.3 Å². The van der Waals surface area contributed by atoms with E-state index >= 15 is 0 Å². The number of hydrogen-bond donors (Lipinski definition) is 1. The lowest BCUT2D eigenvalue weighted by Crippen LogP contribution is -2.32. The maximum Gasteiger partial charge on any atom is 0.345 e. The zero-order valence-corrected chi connectivity index (χ0v) is 12.9. The van der Waals surface area contributed by atoms with E-state index in [4.69, 9.17) is 0 Å². The summed E-state index contributed by atoms with van der Waals surface area (Å²) < 4.78 is 27.8. The van der Waals surface area contributed by atoms with Gasteiger partial charge >= 0.3 is 5.69 Å². The molecule has 0 radical (unpaired) electrons. The molecule has 0 amide bonds. The van der Waals surface area contributed by atoms with Gasteiger partial charge in [0.25, 0.3) is 0 Å². The third-order valence-electron chi connectivity index (χ3n) is 2.81. The van der Waals surface area contributed by atoms with Crippen LogP contribution in [0.1, 0.15) is 6.92 Å². The molecule has 0 atom stereocenters. The first-order valence-electron chi connectivity index (χ1n) is 6.09. The molecule has 0 saturated carbocycles. The normalized spacial score (nSPS) is 11.9. The van der Waals surface area contributed by atoms with Crippen molar-refractivity contribution in [2.24, 2.45) is 7.05 Å². The highest BCUT2D eigenvalue weighted by Crippen LogP contribution is 2.20. The molecule has 0 fully saturated rings. The van der Waals surface area contributed by atoms with Crippen molar-refractivity contribution in [3.05, 3.63) is 28.0 Å². The van der Waals surface area contributed by atoms with Crippen molar-refractivity contribution in [3.8, 4) is 10.7 Å². The van der Waals surface area contributed by atoms with Crippen LogP contribution in [0.3, 0.4) is 0 Å². The summed E-state index contributed by atoms with van der Waals surface area (Å²) in [5.41, 5.74) is -0.260. The predicted octanol–water partition coefficient (Wildman–Crippen LogP) is 0.250. The van der Waals surface area contributed by atoms with Crippen molar-refractivity contribution in [2.45, 2.75) is 13.5 Å². The Balaban J connectivity index is 2.14. The third-order valence-corrected chi connectivity index (χ3v) is 5.08. The largest absolute Gasteiger partial charge is 0.345 e. The quantitative estimate of drug-likeness (QED) is 0.828. The molecule has 7 nitrogen and oxygen atoms in total. The van der Waals surface area contributed by atoms with Crippen LogP contribution in [0.2, 0.25) is 0 Å². The highest BCUT2D eigenvalue weighted by atomic mass is 32.2. The molecule has 2 aromatic rings. The number of rotatable bonds is 6. The molecule has 110 valence electrons. The summed E-state index contributed by atoms with van der Waals surface area (Å²) in [7, 11) is -1.60. The molecular weight excluding hydrogens is 300 g/mol. The van der Waals surface area contributed by atoms with E-state index in [1.807, 2.05) is 17.5 Å². The number of sulfonamides is 1. The predicted molar refractivity (Wildman–Crippen MR) is 78.2 cm³/mol. The Morgan fingerprint density at radius 3 is 2.80 bits per heavy atom. The minimum absolute atomic E-state index is 0.0184. The second-order valence-electron chi connectivity index (χ2n) is 4.16. The van der Waals surface area contributed by atoms with Crippen LogP contribution in [0.25, 0.3) is 10.7 Å². The maximum absolute atomic E-state index is 12.0. The first-order valence-corrected chi connectivity index (χ1v) is 8.63. The SMILES string of the molecule is CCS(=O)(=O)NCCn1nc(-c2cccs2)n(C)c1=O. The summed E-state index contributed by atoms with van der Waals surface area (Å²) in [4.78, 5) is 12.9. The van der Waals surface area contributed by atoms with Gasteiger partial charge in [-0.3, -0.25) is 4.57 Å². The average molecular weight is 316 g/mol. The van der Waals surface area contributed by atoms with Gasteiger partial charge in [0.1, 0.15) is 0 Å². The van der Waals surface area contributed by atoms with Crippen molar-refractivity contribution in [1.82, 2.24) is 19.1 Å². The molecule has 0 aliphatic heterocycles. The van der Waals surface area contributed by atoms with E-state index in [-0.39, 0.29) is 24.5 Å². The molecule has 0 aromatic carbocycles. The van der Waals surface area contributed by atoms with E-state index in [0.29, 0.717) is 5.82 Å². The number of thiophene rings is 1. The van der Waals surface area contributed by atoms with Gasteiger partial charge in [0.2, 0.25) is 10.0 Å². The Labute approximate surface area is 120 Å². The summed E-state index contributed by atoms with van der Waals surface area (Å²) in [6.45, 7) is 1.92. The van der Waals surface area contributed by atoms with E-state index in [0.717, 1.165) is 4.88 Å². The summed E-state index contributed by atoms with van der Waals surface area (Å²) in [6.07, 6.45) is 0. The fourth-order valence-electron chi connectivity index (χ4n) is 1.66. The molecule has 2 heterocycles. The van der Waals surface area contributed by atoms with Crippen LogP contribution in [0.5, 0.6) is 0 Å². The molecule has 0 aliphatic carbocycles. The standard InChI is InChI=1S/C11H16N4O3S2/c1-3-20(17,18)12-6-7-15-11(16)14(2)10(13-15)9-5-4-8-19-9/h4-5,8,12H,3,6-7H2,1-2H3. The van der Waals surface area contributed by atoms with Crippen molar-refractivity contribution in [1.29, 1.82) is 0 Å². The molecule has 2 aromatic heterocycles. The number of hydrogen-bond acceptors (Lipinski definition) is 5. The minimum Gasteiger partial charge on any atom is -0.277 e. The topological polar surface area (TPSA) is 86.0 Å². The fourth-order valence-corrected chi connectivity index (χ4v) is 3.01. The van der Waals surface area contributed by atoms with Gasteiger partial charge in [-0.25, -0.2) is 22.6 Å². The molecule has 0 aliphatic rings. The number of aromatic nitrogens is 3. The van der Waals surface area contributed by atoms with E-state index < -0.39 is 10.0 Å². The Kier molecular flexibility index (Phi) is 4.41. The van der Waals surface area contributed by atoms with Gasteiger partial charge in [-0.15, -0.1) is 16.4 Å². The van der Waals surface area contributed by atoms with Crippen molar-refractivity contribution in [2.75, 3.05) is 12.3 Å². The smallest absolute Gasteiger partial charge is 0.277 e. The molecule has 0 spiro atoms.